The summed E-state index contributed by atoms with van der Waals surface area (Å²) < 4.78 is 29.4. The molecular formula is H5AlF3NaSi. The van der Waals surface area contributed by atoms with Crippen LogP contribution in [0.2, 0.25) is 0 Å². The van der Waals surface area contributed by atoms with Crippen LogP contribution in [-0.2, 0) is 0 Å². The first-order valence-corrected chi connectivity index (χ1v) is 1.96. The fourth-order valence-corrected chi connectivity index (χ4v) is 0. The van der Waals surface area contributed by atoms with Crippen molar-refractivity contribution in [1.82, 2.24) is 0 Å². The van der Waals surface area contributed by atoms with E-state index in [2.05, 4.69) is 0 Å². The molecule has 0 unspecified atom stereocenters. The van der Waals surface area contributed by atoms with Gasteiger partial charge in [-0.25, -0.2) is 0 Å². The van der Waals surface area contributed by atoms with Crippen molar-refractivity contribution >= 4 is 26.5 Å². The van der Waals surface area contributed by atoms with Gasteiger partial charge in [-0.15, -0.1) is 0 Å². The van der Waals surface area contributed by atoms with Crippen LogP contribution >= 0.6 is 0 Å². The van der Waals surface area contributed by atoms with Crippen molar-refractivity contribution in [1.29, 1.82) is 0 Å². The maximum Gasteiger partial charge on any atom is 1.04 e. The molecule has 0 aliphatic carbocycles. The third-order valence-electron chi connectivity index (χ3n) is 0. The van der Waals surface area contributed by atoms with E-state index < -0.39 is 15.5 Å². The summed E-state index contributed by atoms with van der Waals surface area (Å²) in [5.74, 6) is 0. The van der Waals surface area contributed by atoms with E-state index in [4.69, 9.17) is 0 Å². The number of hydrogen-bond acceptors (Lipinski definition) is 0. The zero-order valence-corrected chi connectivity index (χ0v) is 5.87. The molecule has 6 heteroatoms. The molecule has 0 nitrogen and oxygen atoms in total. The van der Waals surface area contributed by atoms with Crippen LogP contribution in [0.4, 0.5) is 10.6 Å². The first-order chi connectivity index (χ1) is 1.73. The van der Waals surface area contributed by atoms with Gasteiger partial charge in [0.25, 0.3) is 0 Å². The molecule has 0 atom stereocenters. The second-order valence-corrected chi connectivity index (χ2v) is 0.742. The predicted octanol–water partition coefficient (Wildman–Crippen LogP) is -3.46. The van der Waals surface area contributed by atoms with Crippen LogP contribution in [0.15, 0.2) is 0 Å². The van der Waals surface area contributed by atoms with Crippen molar-refractivity contribution in [2.75, 3.05) is 0 Å². The zero-order chi connectivity index (χ0) is 3.58. The molecule has 0 bridgehead atoms. The SMILES string of the molecule is [F][Al]([F])[F].[H-].[Na+].[SiH4]. The summed E-state index contributed by atoms with van der Waals surface area (Å²) in [6, 6.07) is 0. The molecule has 6 heavy (non-hydrogen) atoms. The molecule has 34 valence electrons. The van der Waals surface area contributed by atoms with E-state index in [1.165, 1.54) is 0 Å². The summed E-state index contributed by atoms with van der Waals surface area (Å²) in [5.41, 5.74) is 0. The standard InChI is InChI=1S/Al.3FH.Na.H4Si.H/h;3*1H;;1H4;/q+3;;;;+1;;-1/p-3. The maximum absolute atomic E-state index is 9.81. The molecule has 0 saturated carbocycles. The summed E-state index contributed by atoms with van der Waals surface area (Å²) in [6.45, 7) is 0. The van der Waals surface area contributed by atoms with Crippen LogP contribution in [0.3, 0.4) is 0 Å². The molecule has 0 aliphatic rings. The van der Waals surface area contributed by atoms with Gasteiger partial charge in [0, 0.05) is 0 Å². The van der Waals surface area contributed by atoms with Gasteiger partial charge in [0.2, 0.25) is 0 Å². The third-order valence-corrected chi connectivity index (χ3v) is 0. The average molecular weight is 140 g/mol. The van der Waals surface area contributed by atoms with Crippen molar-refractivity contribution in [3.63, 3.8) is 0 Å². The summed E-state index contributed by atoms with van der Waals surface area (Å²) in [6.07, 6.45) is 0. The van der Waals surface area contributed by atoms with E-state index >= 15 is 0 Å². The fourth-order valence-electron chi connectivity index (χ4n) is 0. The molecule has 0 rings (SSSR count). The van der Waals surface area contributed by atoms with Crippen LogP contribution < -0.4 is 29.6 Å². The van der Waals surface area contributed by atoms with Crippen LogP contribution in [0.25, 0.3) is 0 Å². The van der Waals surface area contributed by atoms with E-state index in [1.54, 1.807) is 0 Å². The second kappa shape index (κ2) is 9.74. The smallest absolute Gasteiger partial charge is 1.00 e. The zero-order valence-electron chi connectivity index (χ0n) is 3.71. The van der Waals surface area contributed by atoms with Gasteiger partial charge in [-0.3, -0.25) is 0 Å². The molecule has 0 aliphatic heterocycles. The van der Waals surface area contributed by atoms with E-state index in [0.717, 1.165) is 0 Å². The van der Waals surface area contributed by atoms with Gasteiger partial charge in [-0.2, -0.15) is 0 Å². The van der Waals surface area contributed by atoms with Crippen molar-refractivity contribution in [2.45, 2.75) is 0 Å². The van der Waals surface area contributed by atoms with Crippen molar-refractivity contribution in [3.05, 3.63) is 0 Å². The van der Waals surface area contributed by atoms with Crippen molar-refractivity contribution < 1.29 is 41.6 Å². The molecule has 0 fully saturated rings. The molecule has 0 aromatic carbocycles. The molecule has 0 N–H and O–H groups in total. The minimum absolute atomic E-state index is 0. The maximum atomic E-state index is 9.81. The summed E-state index contributed by atoms with van der Waals surface area (Å²) in [4.78, 5) is 0. The van der Waals surface area contributed by atoms with E-state index in [9.17, 15) is 10.6 Å². The van der Waals surface area contributed by atoms with Gasteiger partial charge in [-0.1, -0.05) is 0 Å². The molecular weight excluding hydrogens is 135 g/mol. The van der Waals surface area contributed by atoms with Crippen LogP contribution in [0.5, 0.6) is 0 Å². The Morgan fingerprint density at radius 3 is 1.17 bits per heavy atom. The molecule has 0 saturated heterocycles. The predicted molar refractivity (Wildman–Crippen MR) is 21.5 cm³/mol. The molecule has 0 aromatic heterocycles. The van der Waals surface area contributed by atoms with Gasteiger partial charge < -0.3 is 12.0 Å². The Morgan fingerprint density at radius 2 is 1.17 bits per heavy atom. The van der Waals surface area contributed by atoms with Crippen LogP contribution in [0.1, 0.15) is 1.43 Å². The summed E-state index contributed by atoms with van der Waals surface area (Å²) >= 11 is -4.64. The van der Waals surface area contributed by atoms with Crippen LogP contribution in [0, 0.1) is 0 Å². The fraction of sp³-hybridized carbons (Fsp3) is 0. The Bertz CT molecular complexity index is 19.7. The van der Waals surface area contributed by atoms with E-state index in [-0.39, 0.29) is 41.9 Å². The Hall–Kier alpha value is 1.54. The van der Waals surface area contributed by atoms with Gasteiger partial charge in [-0.05, 0) is 11.0 Å². The van der Waals surface area contributed by atoms with Crippen LogP contribution in [-0.4, -0.2) is 26.5 Å². The number of rotatable bonds is 0. The monoisotopic (exact) mass is 140 g/mol. The number of hydrogen-bond donors (Lipinski definition) is 0. The Kier molecular flexibility index (Phi) is 25.4. The van der Waals surface area contributed by atoms with Gasteiger partial charge in [0.05, 0.1) is 0 Å². The third kappa shape index (κ3) is 48.2. The second-order valence-electron chi connectivity index (χ2n) is 0.247. The molecule has 0 spiro atoms. The van der Waals surface area contributed by atoms with Crippen molar-refractivity contribution in [3.8, 4) is 0 Å². The minimum atomic E-state index is -4.64. The summed E-state index contributed by atoms with van der Waals surface area (Å²) in [5, 5.41) is 0. The molecule has 0 radical (unpaired) electrons. The van der Waals surface area contributed by atoms with E-state index in [1.807, 2.05) is 0 Å². The van der Waals surface area contributed by atoms with Gasteiger partial charge >= 0.3 is 45.1 Å². The van der Waals surface area contributed by atoms with Gasteiger partial charge in [0.15, 0.2) is 0 Å². The first kappa shape index (κ1) is 15.6. The Balaban J connectivity index is -0.0000000150. The largest absolute Gasteiger partial charge is 1.04 e. The first-order valence-electron chi connectivity index (χ1n) is 0.655. The molecule has 0 amide bonds. The normalized spacial score (nSPS) is 4.50. The quantitative estimate of drug-likeness (QED) is 0.307. The topological polar surface area (TPSA) is 0 Å². The molecule has 0 aromatic rings. The number of halogens is 3. The van der Waals surface area contributed by atoms with Crippen molar-refractivity contribution in [2.24, 2.45) is 0 Å². The van der Waals surface area contributed by atoms with E-state index in [0.29, 0.717) is 0 Å². The minimum Gasteiger partial charge on any atom is -1.00 e. The van der Waals surface area contributed by atoms with Gasteiger partial charge in [0.1, 0.15) is 0 Å². The Labute approximate surface area is 67.7 Å². The molecule has 0 heterocycles. The summed E-state index contributed by atoms with van der Waals surface area (Å²) in [7, 11) is 0. The Morgan fingerprint density at radius 1 is 1.17 bits per heavy atom. The average Bonchev–Trinajstić information content (AvgIpc) is 0.811.